The van der Waals surface area contributed by atoms with Gasteiger partial charge >= 0.3 is 13.6 Å². The summed E-state index contributed by atoms with van der Waals surface area (Å²) in [6.45, 7) is -7.84. The molecule has 2 bridgehead atoms. The molecule has 4 N–H and O–H groups in total. The molecule has 244 valence electrons. The number of rotatable bonds is 3. The van der Waals surface area contributed by atoms with E-state index in [1.165, 1.54) is 17.6 Å². The molecule has 5 aliphatic rings. The van der Waals surface area contributed by atoms with Crippen LogP contribution in [0.1, 0.15) is 24.3 Å². The highest BCUT2D eigenvalue weighted by atomic mass is 32.7. The van der Waals surface area contributed by atoms with Crippen molar-refractivity contribution in [3.05, 3.63) is 11.2 Å². The fourth-order valence-corrected chi connectivity index (χ4v) is 9.80. The second-order valence-electron chi connectivity index (χ2n) is 10.8. The maximum Gasteiger partial charge on any atom is 0.386 e. The van der Waals surface area contributed by atoms with Crippen molar-refractivity contribution in [1.29, 1.82) is 0 Å². The normalized spacial score (nSPS) is 42.0. The first-order valence-corrected chi connectivity index (χ1v) is 19.8. The molecule has 45 heavy (non-hydrogen) atoms. The minimum atomic E-state index is -4.19. The van der Waals surface area contributed by atoms with Crippen LogP contribution in [0.5, 0.6) is 0 Å². The molecule has 18 nitrogen and oxygen atoms in total. The third-order valence-corrected chi connectivity index (χ3v) is 12.2. The van der Waals surface area contributed by atoms with Crippen LogP contribution in [0.2, 0.25) is 0 Å². The number of hydrogen-bond acceptors (Lipinski definition) is 18. The molecule has 3 fully saturated rings. The van der Waals surface area contributed by atoms with Crippen molar-refractivity contribution in [2.75, 3.05) is 25.6 Å². The molecule has 0 aliphatic carbocycles. The Balaban J connectivity index is 1.16. The summed E-state index contributed by atoms with van der Waals surface area (Å²) >= 11 is 9.54. The fraction of sp³-hybridized carbons (Fsp3) is 0.636. The molecule has 2 aromatic rings. The third-order valence-electron chi connectivity index (χ3n) is 7.99. The van der Waals surface area contributed by atoms with E-state index in [4.69, 9.17) is 33.3 Å². The number of aliphatic imine (C=N–C) groups is 2. The topological polar surface area (TPSA) is 231 Å². The van der Waals surface area contributed by atoms with E-state index in [-0.39, 0.29) is 31.4 Å². The van der Waals surface area contributed by atoms with Gasteiger partial charge < -0.3 is 30.5 Å². The molecule has 0 saturated carbocycles. The lowest BCUT2D eigenvalue weighted by Gasteiger charge is -2.35. The number of ether oxygens (including phenoxy) is 2. The minimum Gasteiger partial charge on any atom is -0.396 e. The average molecular weight is 723 g/mol. The Labute approximate surface area is 270 Å². The van der Waals surface area contributed by atoms with E-state index in [1.807, 2.05) is 0 Å². The van der Waals surface area contributed by atoms with Gasteiger partial charge in [0.15, 0.2) is 24.3 Å². The molecule has 7 heterocycles. The van der Waals surface area contributed by atoms with Crippen molar-refractivity contribution in [3.8, 4) is 0 Å². The van der Waals surface area contributed by atoms with Gasteiger partial charge in [0.05, 0.1) is 49.3 Å². The predicted octanol–water partition coefficient (Wildman–Crippen LogP) is 1.31. The Morgan fingerprint density at radius 2 is 1.87 bits per heavy atom. The summed E-state index contributed by atoms with van der Waals surface area (Å²) in [6.07, 6.45) is -3.51. The summed E-state index contributed by atoms with van der Waals surface area (Å²) in [6, 6.07) is -0.862. The standard InChI is InChI=1S/C22H28N8O10P2S3/c1-8-27-20-16(21(32)28-8)26-7-30(20)22-17-9(3-31)12(38-22)4-35-41(33,43)39-10-2-11(37-13(10)5-36-42(34,44)40-17)18-14-15(29-45-18)19(23)25-6-24-14/h6-7,9-13,16-17,20,22,31H,2-5H2,1H3,(H,33,43)(H,34,44)(H2,23,24,25)(H,27,28,32)/t9-,10+,11-,12-,13-,16?,17-,20?,22-,41-,42+/m1/s1. The Morgan fingerprint density at radius 1 is 1.11 bits per heavy atom. The van der Waals surface area contributed by atoms with Gasteiger partial charge in [0.25, 0.3) is 5.91 Å². The second kappa shape index (κ2) is 12.1. The zero-order valence-corrected chi connectivity index (χ0v) is 27.7. The summed E-state index contributed by atoms with van der Waals surface area (Å²) < 4.78 is 67.1. The number of anilines is 1. The molecular formula is C22H28N8O10P2S3. The van der Waals surface area contributed by atoms with Gasteiger partial charge in [-0.15, -0.1) is 0 Å². The number of hydrogen-bond donors (Lipinski definition) is 5. The van der Waals surface area contributed by atoms with E-state index in [0.717, 1.165) is 11.5 Å². The zero-order valence-electron chi connectivity index (χ0n) is 23.3. The van der Waals surface area contributed by atoms with Crippen LogP contribution in [-0.4, -0.2) is 105 Å². The van der Waals surface area contributed by atoms with E-state index in [1.54, 1.807) is 6.92 Å². The van der Waals surface area contributed by atoms with Gasteiger partial charge in [0.1, 0.15) is 35.4 Å². The smallest absolute Gasteiger partial charge is 0.386 e. The first kappa shape index (κ1) is 31.8. The number of fused-ring (bicyclic) bond motifs is 5. The third kappa shape index (κ3) is 6.07. The number of aliphatic hydroxyl groups is 1. The molecule has 3 saturated heterocycles. The van der Waals surface area contributed by atoms with Crippen LogP contribution in [0.15, 0.2) is 16.3 Å². The molecule has 7 rings (SSSR count). The van der Waals surface area contributed by atoms with E-state index in [9.17, 15) is 19.0 Å². The van der Waals surface area contributed by atoms with Crippen LogP contribution < -0.4 is 11.1 Å². The SMILES string of the molecule is CC1=NC2C(N=CN2[C@@H]2O[C@@H]3CO[P@@](=O)(S)O[C@H]4C[C@H](c5snc6c(N)ncnc56)O[C@@H]4CO[P@](=O)(S)O[C@@H]2[C@@H]3CO)C(=O)N1. The van der Waals surface area contributed by atoms with Crippen molar-refractivity contribution in [1.82, 2.24) is 24.6 Å². The van der Waals surface area contributed by atoms with Gasteiger partial charge in [-0.1, -0.05) is 24.5 Å². The highest BCUT2D eigenvalue weighted by Gasteiger charge is 2.55. The first-order chi connectivity index (χ1) is 21.4. The molecule has 2 aromatic heterocycles. The molecule has 1 amide bonds. The Kier molecular flexibility index (Phi) is 8.53. The van der Waals surface area contributed by atoms with Crippen LogP contribution in [0.4, 0.5) is 5.82 Å². The highest BCUT2D eigenvalue weighted by molar-refractivity contribution is 8.44. The molecule has 23 heteroatoms. The summed E-state index contributed by atoms with van der Waals surface area (Å²) in [5.41, 5.74) is 6.86. The number of amides is 1. The molecule has 11 atom stereocenters. The summed E-state index contributed by atoms with van der Waals surface area (Å²) in [5.74, 6) is -0.636. The van der Waals surface area contributed by atoms with Crippen molar-refractivity contribution >= 4 is 84.6 Å². The zero-order chi connectivity index (χ0) is 31.7. The van der Waals surface area contributed by atoms with Crippen molar-refractivity contribution < 1.29 is 46.6 Å². The molecule has 0 aromatic carbocycles. The van der Waals surface area contributed by atoms with E-state index >= 15 is 0 Å². The lowest BCUT2D eigenvalue weighted by Crippen LogP contribution is -2.55. The van der Waals surface area contributed by atoms with E-state index in [0.29, 0.717) is 21.7 Å². The maximum absolute atomic E-state index is 13.7. The van der Waals surface area contributed by atoms with E-state index in [2.05, 4.69) is 54.1 Å². The number of nitrogens with one attached hydrogen (secondary N) is 1. The van der Waals surface area contributed by atoms with Gasteiger partial charge in [0.2, 0.25) is 0 Å². The first-order valence-electron chi connectivity index (χ1n) is 13.7. The number of nitrogen functional groups attached to an aromatic ring is 1. The van der Waals surface area contributed by atoms with Crippen LogP contribution in [0.25, 0.3) is 11.0 Å². The number of amidine groups is 1. The fourth-order valence-electron chi connectivity index (χ4n) is 5.91. The van der Waals surface area contributed by atoms with Gasteiger partial charge in [-0.05, 0) is 18.5 Å². The Bertz CT molecular complexity index is 1670. The number of nitrogens with zero attached hydrogens (tertiary/aromatic N) is 6. The Hall–Kier alpha value is -1.74. The quantitative estimate of drug-likeness (QED) is 0.222. The Morgan fingerprint density at radius 3 is 2.64 bits per heavy atom. The predicted molar refractivity (Wildman–Crippen MR) is 165 cm³/mol. The van der Waals surface area contributed by atoms with Crippen LogP contribution in [0.3, 0.4) is 0 Å². The van der Waals surface area contributed by atoms with Gasteiger partial charge in [-0.3, -0.25) is 27.9 Å². The second-order valence-corrected chi connectivity index (χ2v) is 17.4. The maximum atomic E-state index is 13.7. The van der Waals surface area contributed by atoms with Crippen molar-refractivity contribution in [3.63, 3.8) is 0 Å². The molecule has 0 radical (unpaired) electrons. The summed E-state index contributed by atoms with van der Waals surface area (Å²) in [4.78, 5) is 31.7. The van der Waals surface area contributed by atoms with E-state index < -0.39 is 75.1 Å². The number of aromatic nitrogens is 3. The monoisotopic (exact) mass is 722 g/mol. The molecule has 5 aliphatic heterocycles. The van der Waals surface area contributed by atoms with Crippen LogP contribution >= 0.6 is 49.6 Å². The lowest BCUT2D eigenvalue weighted by molar-refractivity contribution is -0.124. The van der Waals surface area contributed by atoms with Crippen LogP contribution in [-0.2, 0) is 41.5 Å². The van der Waals surface area contributed by atoms with Crippen molar-refractivity contribution in [2.45, 2.75) is 62.3 Å². The number of nitrogens with two attached hydrogens (primary N) is 1. The number of carbonyl (C=O) groups is 1. The average Bonchev–Trinajstić information content (AvgIpc) is 3.74. The minimum absolute atomic E-state index is 0.176. The lowest BCUT2D eigenvalue weighted by atomic mass is 9.99. The largest absolute Gasteiger partial charge is 0.396 e. The van der Waals surface area contributed by atoms with Crippen molar-refractivity contribution in [2.24, 2.45) is 15.9 Å². The van der Waals surface area contributed by atoms with Gasteiger partial charge in [-0.2, -0.15) is 4.37 Å². The van der Waals surface area contributed by atoms with Crippen LogP contribution in [0, 0.1) is 5.92 Å². The number of thiol groups is 2. The highest BCUT2D eigenvalue weighted by Crippen LogP contribution is 2.60. The number of aliphatic hydroxyl groups excluding tert-OH is 1. The van der Waals surface area contributed by atoms with Gasteiger partial charge in [0, 0.05) is 12.3 Å². The molecular weight excluding hydrogens is 694 g/mol. The number of carbonyl (C=O) groups excluding carboxylic acids is 1. The molecule has 0 spiro atoms. The molecule has 2 unspecified atom stereocenters. The van der Waals surface area contributed by atoms with Gasteiger partial charge in [-0.25, -0.2) is 24.1 Å². The summed E-state index contributed by atoms with van der Waals surface area (Å²) in [5, 5.41) is 13.0. The summed E-state index contributed by atoms with van der Waals surface area (Å²) in [7, 11) is 0.